The van der Waals surface area contributed by atoms with Crippen LogP contribution in [0.3, 0.4) is 0 Å². The molecule has 0 radical (unpaired) electrons. The number of amides is 1. The van der Waals surface area contributed by atoms with E-state index in [-0.39, 0.29) is 24.4 Å². The Balaban J connectivity index is 1.95. The molecule has 1 amide bonds. The minimum Gasteiger partial charge on any atom is -0.357 e. The second-order valence-corrected chi connectivity index (χ2v) is 6.96. The molecule has 1 aliphatic rings. The molecular weight excluding hydrogens is 357 g/mol. The van der Waals surface area contributed by atoms with Crippen molar-refractivity contribution >= 4 is 11.9 Å². The maximum Gasteiger partial charge on any atom is 0.416 e. The molecule has 0 spiro atoms. The standard InChI is InChI=1S/C19H27F3N4O/c1-4-23-18(25-16-9-10-26(12-16)17(27)13(2)3)24-11-14-5-7-15(8-6-14)19(20,21)22/h5-8,13,16H,4,9-12H2,1-3H3,(H2,23,24,25). The van der Waals surface area contributed by atoms with Gasteiger partial charge in [0.05, 0.1) is 12.1 Å². The van der Waals surface area contributed by atoms with E-state index >= 15 is 0 Å². The zero-order chi connectivity index (χ0) is 20.0. The van der Waals surface area contributed by atoms with Gasteiger partial charge in [-0.15, -0.1) is 0 Å². The Labute approximate surface area is 158 Å². The number of alkyl halides is 3. The molecule has 1 heterocycles. The molecule has 0 aliphatic carbocycles. The van der Waals surface area contributed by atoms with Gasteiger partial charge in [0.1, 0.15) is 0 Å². The normalized spacial score (nSPS) is 18.1. The van der Waals surface area contributed by atoms with Crippen molar-refractivity contribution in [3.63, 3.8) is 0 Å². The van der Waals surface area contributed by atoms with Crippen LogP contribution < -0.4 is 10.6 Å². The smallest absolute Gasteiger partial charge is 0.357 e. The van der Waals surface area contributed by atoms with E-state index in [1.165, 1.54) is 12.1 Å². The van der Waals surface area contributed by atoms with Crippen molar-refractivity contribution < 1.29 is 18.0 Å². The van der Waals surface area contributed by atoms with Crippen LogP contribution in [-0.4, -0.2) is 42.4 Å². The van der Waals surface area contributed by atoms with Gasteiger partial charge < -0.3 is 15.5 Å². The van der Waals surface area contributed by atoms with Crippen LogP contribution in [0, 0.1) is 5.92 Å². The average Bonchev–Trinajstić information content (AvgIpc) is 3.07. The fourth-order valence-electron chi connectivity index (χ4n) is 2.93. The molecule has 150 valence electrons. The first kappa shape index (κ1) is 21.1. The van der Waals surface area contributed by atoms with E-state index in [0.29, 0.717) is 31.2 Å². The molecule has 8 heteroatoms. The monoisotopic (exact) mass is 384 g/mol. The van der Waals surface area contributed by atoms with E-state index in [1.54, 1.807) is 0 Å². The van der Waals surface area contributed by atoms with Gasteiger partial charge in [0, 0.05) is 31.6 Å². The maximum atomic E-state index is 12.6. The number of carbonyl (C=O) groups excluding carboxylic acids is 1. The van der Waals surface area contributed by atoms with Crippen LogP contribution in [0.5, 0.6) is 0 Å². The Morgan fingerprint density at radius 1 is 1.30 bits per heavy atom. The number of benzene rings is 1. The molecule has 1 saturated heterocycles. The van der Waals surface area contributed by atoms with Gasteiger partial charge in [-0.3, -0.25) is 4.79 Å². The highest BCUT2D eigenvalue weighted by molar-refractivity contribution is 5.81. The van der Waals surface area contributed by atoms with Gasteiger partial charge in [0.2, 0.25) is 5.91 Å². The molecule has 1 fully saturated rings. The average molecular weight is 384 g/mol. The number of likely N-dealkylation sites (tertiary alicyclic amines) is 1. The van der Waals surface area contributed by atoms with Gasteiger partial charge >= 0.3 is 6.18 Å². The first-order chi connectivity index (χ1) is 12.7. The van der Waals surface area contributed by atoms with Gasteiger partial charge in [0.25, 0.3) is 0 Å². The number of nitrogens with zero attached hydrogens (tertiary/aromatic N) is 2. The third-order valence-electron chi connectivity index (χ3n) is 4.38. The summed E-state index contributed by atoms with van der Waals surface area (Å²) in [6.45, 7) is 8.00. The molecule has 1 aliphatic heterocycles. The highest BCUT2D eigenvalue weighted by Gasteiger charge is 2.30. The molecule has 2 N–H and O–H groups in total. The number of nitrogens with one attached hydrogen (secondary N) is 2. The van der Waals surface area contributed by atoms with Crippen molar-refractivity contribution in [2.24, 2.45) is 10.9 Å². The Kier molecular flexibility index (Phi) is 7.10. The molecule has 27 heavy (non-hydrogen) atoms. The number of halogens is 3. The molecule has 1 aromatic carbocycles. The third kappa shape index (κ3) is 6.15. The fraction of sp³-hybridized carbons (Fsp3) is 0.579. The summed E-state index contributed by atoms with van der Waals surface area (Å²) < 4.78 is 37.9. The lowest BCUT2D eigenvalue weighted by Crippen LogP contribution is -2.45. The Hall–Kier alpha value is -2.25. The summed E-state index contributed by atoms with van der Waals surface area (Å²) in [4.78, 5) is 18.4. The van der Waals surface area contributed by atoms with Crippen LogP contribution in [0.1, 0.15) is 38.3 Å². The summed E-state index contributed by atoms with van der Waals surface area (Å²) in [6.07, 6.45) is -3.50. The Morgan fingerprint density at radius 2 is 1.96 bits per heavy atom. The van der Waals surface area contributed by atoms with Gasteiger partial charge in [-0.2, -0.15) is 13.2 Å². The van der Waals surface area contributed by atoms with Crippen LogP contribution in [0.25, 0.3) is 0 Å². The van der Waals surface area contributed by atoms with E-state index in [1.807, 2.05) is 25.7 Å². The summed E-state index contributed by atoms with van der Waals surface area (Å²) in [5.41, 5.74) is 0.0318. The summed E-state index contributed by atoms with van der Waals surface area (Å²) in [5, 5.41) is 6.45. The van der Waals surface area contributed by atoms with E-state index in [2.05, 4.69) is 15.6 Å². The minimum absolute atomic E-state index is 0.0228. The number of hydrogen-bond acceptors (Lipinski definition) is 2. The number of aliphatic imine (C=N–C) groups is 1. The zero-order valence-electron chi connectivity index (χ0n) is 15.9. The fourth-order valence-corrected chi connectivity index (χ4v) is 2.93. The van der Waals surface area contributed by atoms with Gasteiger partial charge in [0.15, 0.2) is 5.96 Å². The lowest BCUT2D eigenvalue weighted by molar-refractivity contribution is -0.137. The molecule has 1 aromatic rings. The van der Waals surface area contributed by atoms with Crippen molar-refractivity contribution in [3.8, 4) is 0 Å². The largest absolute Gasteiger partial charge is 0.416 e. The molecule has 0 aromatic heterocycles. The summed E-state index contributed by atoms with van der Waals surface area (Å²) in [6, 6.07) is 5.12. The summed E-state index contributed by atoms with van der Waals surface area (Å²) in [7, 11) is 0. The third-order valence-corrected chi connectivity index (χ3v) is 4.38. The van der Waals surface area contributed by atoms with Crippen molar-refractivity contribution in [3.05, 3.63) is 35.4 Å². The molecule has 0 saturated carbocycles. The minimum atomic E-state index is -4.33. The van der Waals surface area contributed by atoms with Crippen LogP contribution in [-0.2, 0) is 17.5 Å². The Morgan fingerprint density at radius 3 is 2.52 bits per heavy atom. The van der Waals surface area contributed by atoms with E-state index in [4.69, 9.17) is 0 Å². The second-order valence-electron chi connectivity index (χ2n) is 6.96. The SMILES string of the molecule is CCNC(=NCc1ccc(C(F)(F)F)cc1)NC1CCN(C(=O)C(C)C)C1. The van der Waals surface area contributed by atoms with E-state index in [9.17, 15) is 18.0 Å². The zero-order valence-corrected chi connectivity index (χ0v) is 15.9. The number of hydrogen-bond donors (Lipinski definition) is 2. The molecule has 1 atom stereocenters. The molecule has 1 unspecified atom stereocenters. The molecule has 5 nitrogen and oxygen atoms in total. The van der Waals surface area contributed by atoms with Crippen molar-refractivity contribution in [2.75, 3.05) is 19.6 Å². The molecule has 0 bridgehead atoms. The Bertz CT molecular complexity index is 656. The van der Waals surface area contributed by atoms with E-state index in [0.717, 1.165) is 18.6 Å². The predicted octanol–water partition coefficient (Wildman–Crippen LogP) is 3.02. The first-order valence-electron chi connectivity index (χ1n) is 9.20. The van der Waals surface area contributed by atoms with Crippen LogP contribution in [0.2, 0.25) is 0 Å². The van der Waals surface area contributed by atoms with Gasteiger partial charge in [-0.1, -0.05) is 26.0 Å². The lowest BCUT2D eigenvalue weighted by atomic mass is 10.1. The highest BCUT2D eigenvalue weighted by Crippen LogP contribution is 2.29. The van der Waals surface area contributed by atoms with Crippen LogP contribution >= 0.6 is 0 Å². The van der Waals surface area contributed by atoms with Crippen molar-refractivity contribution in [2.45, 2.75) is 46.0 Å². The topological polar surface area (TPSA) is 56.7 Å². The van der Waals surface area contributed by atoms with Crippen LogP contribution in [0.15, 0.2) is 29.3 Å². The highest BCUT2D eigenvalue weighted by atomic mass is 19.4. The number of carbonyl (C=O) groups is 1. The number of guanidine groups is 1. The van der Waals surface area contributed by atoms with Crippen molar-refractivity contribution in [1.82, 2.24) is 15.5 Å². The van der Waals surface area contributed by atoms with Crippen molar-refractivity contribution in [1.29, 1.82) is 0 Å². The summed E-state index contributed by atoms with van der Waals surface area (Å²) >= 11 is 0. The number of rotatable bonds is 5. The second kappa shape index (κ2) is 9.10. The summed E-state index contributed by atoms with van der Waals surface area (Å²) in [5.74, 6) is 0.720. The van der Waals surface area contributed by atoms with E-state index < -0.39 is 11.7 Å². The quantitative estimate of drug-likeness (QED) is 0.606. The lowest BCUT2D eigenvalue weighted by Gasteiger charge is -2.20. The molecule has 2 rings (SSSR count). The predicted molar refractivity (Wildman–Crippen MR) is 99.2 cm³/mol. The first-order valence-corrected chi connectivity index (χ1v) is 9.20. The van der Waals surface area contributed by atoms with Crippen LogP contribution in [0.4, 0.5) is 13.2 Å². The van der Waals surface area contributed by atoms with Gasteiger partial charge in [-0.25, -0.2) is 4.99 Å². The van der Waals surface area contributed by atoms with Gasteiger partial charge in [-0.05, 0) is 31.0 Å². The maximum absolute atomic E-state index is 12.6. The molecular formula is C19H27F3N4O.